The Bertz CT molecular complexity index is 323. The highest BCUT2D eigenvalue weighted by Gasteiger charge is 2.10. The number of nitrogens with two attached hydrogens (primary N) is 1. The van der Waals surface area contributed by atoms with E-state index >= 15 is 0 Å². The van der Waals surface area contributed by atoms with E-state index in [1.807, 2.05) is 6.07 Å². The lowest BCUT2D eigenvalue weighted by molar-refractivity contribution is 0.467. The summed E-state index contributed by atoms with van der Waals surface area (Å²) in [5.74, 6) is 0.919. The third-order valence-corrected chi connectivity index (χ3v) is 3.19. The average molecular weight is 221 g/mol. The van der Waals surface area contributed by atoms with E-state index in [2.05, 4.69) is 19.9 Å². The summed E-state index contributed by atoms with van der Waals surface area (Å²) in [6.45, 7) is 4.84. The summed E-state index contributed by atoms with van der Waals surface area (Å²) in [4.78, 5) is 0. The lowest BCUT2D eigenvalue weighted by Gasteiger charge is -2.16. The lowest BCUT2D eigenvalue weighted by atomic mass is 9.90. The van der Waals surface area contributed by atoms with Gasteiger partial charge in [0.05, 0.1) is 0 Å². The maximum atomic E-state index is 9.59. The summed E-state index contributed by atoms with van der Waals surface area (Å²) in [6, 6.07) is 5.85. The molecule has 0 spiro atoms. The van der Waals surface area contributed by atoms with Crippen LogP contribution in [0.2, 0.25) is 0 Å². The fourth-order valence-corrected chi connectivity index (χ4v) is 2.08. The molecule has 0 aliphatic heterocycles. The second-order valence-electron chi connectivity index (χ2n) is 4.34. The van der Waals surface area contributed by atoms with Crippen molar-refractivity contribution in [2.75, 3.05) is 0 Å². The first-order valence-electron chi connectivity index (χ1n) is 6.24. The van der Waals surface area contributed by atoms with Gasteiger partial charge in [-0.2, -0.15) is 0 Å². The van der Waals surface area contributed by atoms with Crippen LogP contribution in [-0.2, 0) is 6.54 Å². The topological polar surface area (TPSA) is 46.2 Å². The largest absolute Gasteiger partial charge is 0.508 e. The van der Waals surface area contributed by atoms with Gasteiger partial charge in [-0.25, -0.2) is 0 Å². The van der Waals surface area contributed by atoms with Crippen molar-refractivity contribution in [2.24, 2.45) is 5.73 Å². The molecule has 0 aliphatic rings. The molecular formula is C14H23NO. The molecular weight excluding hydrogens is 198 g/mol. The molecule has 1 unspecified atom stereocenters. The molecule has 1 rings (SSSR count). The molecule has 0 heterocycles. The molecule has 2 heteroatoms. The van der Waals surface area contributed by atoms with Gasteiger partial charge < -0.3 is 10.8 Å². The Kier molecular flexibility index (Phi) is 5.33. The van der Waals surface area contributed by atoms with Crippen LogP contribution in [0, 0.1) is 0 Å². The lowest BCUT2D eigenvalue weighted by Crippen LogP contribution is -2.01. The first kappa shape index (κ1) is 13.0. The van der Waals surface area contributed by atoms with Crippen LogP contribution in [0.4, 0.5) is 0 Å². The number of unbranched alkanes of at least 4 members (excludes halogenated alkanes) is 1. The first-order valence-corrected chi connectivity index (χ1v) is 6.24. The number of aromatic hydroxyl groups is 1. The van der Waals surface area contributed by atoms with E-state index in [0.29, 0.717) is 18.2 Å². The van der Waals surface area contributed by atoms with Gasteiger partial charge >= 0.3 is 0 Å². The van der Waals surface area contributed by atoms with Crippen molar-refractivity contribution in [3.8, 4) is 5.75 Å². The van der Waals surface area contributed by atoms with Crippen LogP contribution in [0.3, 0.4) is 0 Å². The Balaban J connectivity index is 2.83. The third kappa shape index (κ3) is 3.24. The standard InChI is InChI=1S/C14H23NO/c1-3-5-6-11(4-2)12-7-8-14(16)13(9-12)10-15/h7-9,11,16H,3-6,10,15H2,1-2H3. The number of phenols is 1. The molecule has 16 heavy (non-hydrogen) atoms. The Hall–Kier alpha value is -1.02. The monoisotopic (exact) mass is 221 g/mol. The maximum absolute atomic E-state index is 9.59. The summed E-state index contributed by atoms with van der Waals surface area (Å²) < 4.78 is 0. The van der Waals surface area contributed by atoms with Gasteiger partial charge in [0.1, 0.15) is 5.75 Å². The van der Waals surface area contributed by atoms with Gasteiger partial charge in [-0.1, -0.05) is 38.8 Å². The Morgan fingerprint density at radius 2 is 2.06 bits per heavy atom. The second-order valence-corrected chi connectivity index (χ2v) is 4.34. The van der Waals surface area contributed by atoms with Gasteiger partial charge in [-0.05, 0) is 30.4 Å². The smallest absolute Gasteiger partial charge is 0.120 e. The van der Waals surface area contributed by atoms with Crippen molar-refractivity contribution in [3.63, 3.8) is 0 Å². The molecule has 0 bridgehead atoms. The van der Waals surface area contributed by atoms with E-state index in [9.17, 15) is 5.11 Å². The Morgan fingerprint density at radius 1 is 1.31 bits per heavy atom. The molecule has 1 atom stereocenters. The molecule has 0 saturated carbocycles. The van der Waals surface area contributed by atoms with Gasteiger partial charge in [0, 0.05) is 12.1 Å². The summed E-state index contributed by atoms with van der Waals surface area (Å²) in [5, 5.41) is 9.59. The van der Waals surface area contributed by atoms with E-state index in [1.165, 1.54) is 24.8 Å². The fraction of sp³-hybridized carbons (Fsp3) is 0.571. The van der Waals surface area contributed by atoms with E-state index in [-0.39, 0.29) is 0 Å². The van der Waals surface area contributed by atoms with Crippen LogP contribution in [0.25, 0.3) is 0 Å². The third-order valence-electron chi connectivity index (χ3n) is 3.19. The number of rotatable bonds is 6. The normalized spacial score (nSPS) is 12.7. The minimum atomic E-state index is 0.316. The number of hydrogen-bond acceptors (Lipinski definition) is 2. The molecule has 0 amide bonds. The van der Waals surface area contributed by atoms with Crippen molar-refractivity contribution < 1.29 is 5.11 Å². The quantitative estimate of drug-likeness (QED) is 0.772. The highest BCUT2D eigenvalue weighted by molar-refractivity contribution is 5.37. The molecule has 3 N–H and O–H groups in total. The highest BCUT2D eigenvalue weighted by Crippen LogP contribution is 2.28. The summed E-state index contributed by atoms with van der Waals surface area (Å²) in [7, 11) is 0. The Labute approximate surface area is 98.5 Å². The minimum Gasteiger partial charge on any atom is -0.508 e. The van der Waals surface area contributed by atoms with Crippen molar-refractivity contribution in [2.45, 2.75) is 52.0 Å². The molecule has 0 aliphatic carbocycles. The van der Waals surface area contributed by atoms with Gasteiger partial charge in [0.2, 0.25) is 0 Å². The van der Waals surface area contributed by atoms with Crippen LogP contribution in [0.15, 0.2) is 18.2 Å². The molecule has 2 nitrogen and oxygen atoms in total. The second kappa shape index (κ2) is 6.54. The zero-order valence-corrected chi connectivity index (χ0v) is 10.4. The van der Waals surface area contributed by atoms with E-state index < -0.39 is 0 Å². The van der Waals surface area contributed by atoms with E-state index in [1.54, 1.807) is 6.07 Å². The predicted molar refractivity (Wildman–Crippen MR) is 68.6 cm³/mol. The highest BCUT2D eigenvalue weighted by atomic mass is 16.3. The maximum Gasteiger partial charge on any atom is 0.120 e. The van der Waals surface area contributed by atoms with Crippen LogP contribution >= 0.6 is 0 Å². The summed E-state index contributed by atoms with van der Waals surface area (Å²) >= 11 is 0. The van der Waals surface area contributed by atoms with Crippen molar-refractivity contribution in [3.05, 3.63) is 29.3 Å². The van der Waals surface area contributed by atoms with Crippen LogP contribution in [0.5, 0.6) is 5.75 Å². The first-order chi connectivity index (χ1) is 7.72. The molecule has 0 fully saturated rings. The predicted octanol–water partition coefficient (Wildman–Crippen LogP) is 3.53. The molecule has 0 saturated heterocycles. The van der Waals surface area contributed by atoms with Gasteiger partial charge in [-0.3, -0.25) is 0 Å². The zero-order valence-electron chi connectivity index (χ0n) is 10.4. The Morgan fingerprint density at radius 3 is 2.62 bits per heavy atom. The van der Waals surface area contributed by atoms with Gasteiger partial charge in [0.15, 0.2) is 0 Å². The molecule has 0 aromatic heterocycles. The minimum absolute atomic E-state index is 0.316. The van der Waals surface area contributed by atoms with Crippen LogP contribution in [0.1, 0.15) is 56.6 Å². The number of benzene rings is 1. The SMILES string of the molecule is CCCCC(CC)c1ccc(O)c(CN)c1. The van der Waals surface area contributed by atoms with Gasteiger partial charge in [-0.15, -0.1) is 0 Å². The summed E-state index contributed by atoms with van der Waals surface area (Å²) in [6.07, 6.45) is 4.87. The van der Waals surface area contributed by atoms with Crippen molar-refractivity contribution >= 4 is 0 Å². The molecule has 1 aromatic carbocycles. The molecule has 0 radical (unpaired) electrons. The van der Waals surface area contributed by atoms with E-state index in [4.69, 9.17) is 5.73 Å². The van der Waals surface area contributed by atoms with Crippen LogP contribution in [-0.4, -0.2) is 5.11 Å². The molecule has 90 valence electrons. The zero-order chi connectivity index (χ0) is 12.0. The average Bonchev–Trinajstić information content (AvgIpc) is 2.32. The number of hydrogen-bond donors (Lipinski definition) is 2. The molecule has 1 aromatic rings. The fourth-order valence-electron chi connectivity index (χ4n) is 2.08. The van der Waals surface area contributed by atoms with Crippen molar-refractivity contribution in [1.29, 1.82) is 0 Å². The van der Waals surface area contributed by atoms with Crippen molar-refractivity contribution in [1.82, 2.24) is 0 Å². The van der Waals surface area contributed by atoms with Gasteiger partial charge in [0.25, 0.3) is 0 Å². The van der Waals surface area contributed by atoms with Crippen LogP contribution < -0.4 is 5.73 Å². The van der Waals surface area contributed by atoms with E-state index in [0.717, 1.165) is 12.0 Å². The number of phenolic OH excluding ortho intramolecular Hbond substituents is 1. The summed E-state index contributed by atoms with van der Waals surface area (Å²) in [5.41, 5.74) is 7.77.